The first-order valence-corrected chi connectivity index (χ1v) is 10.5. The molecule has 0 saturated heterocycles. The van der Waals surface area contributed by atoms with E-state index in [9.17, 15) is 9.59 Å². The molecular formula is C27H28N2O2. The number of hydrogen-bond donors (Lipinski definition) is 1. The van der Waals surface area contributed by atoms with Crippen molar-refractivity contribution in [2.24, 2.45) is 0 Å². The standard InChI is InChI=1S/C27H28N2O2/c1-2-18-28-27(31)25(19-22-12-6-3-7-13-22)29(21-24-16-10-5-11-17-24)26(30)20-23-14-8-4-9-15-23/h2-17,25H,1,18-21H2,(H,28,31)/t25-/m0/s1. The van der Waals surface area contributed by atoms with E-state index in [0.29, 0.717) is 19.5 Å². The van der Waals surface area contributed by atoms with Crippen molar-refractivity contribution < 1.29 is 9.59 Å². The number of nitrogens with one attached hydrogen (secondary N) is 1. The van der Waals surface area contributed by atoms with Gasteiger partial charge < -0.3 is 10.2 Å². The minimum atomic E-state index is -0.626. The van der Waals surface area contributed by atoms with Crippen LogP contribution < -0.4 is 5.32 Å². The molecule has 3 rings (SSSR count). The third kappa shape index (κ3) is 6.68. The van der Waals surface area contributed by atoms with Gasteiger partial charge in [0.1, 0.15) is 6.04 Å². The van der Waals surface area contributed by atoms with E-state index in [1.807, 2.05) is 91.0 Å². The lowest BCUT2D eigenvalue weighted by molar-refractivity contribution is -0.140. The van der Waals surface area contributed by atoms with Crippen LogP contribution in [-0.4, -0.2) is 29.3 Å². The summed E-state index contributed by atoms with van der Waals surface area (Å²) in [5.41, 5.74) is 2.92. The molecule has 0 aliphatic rings. The average Bonchev–Trinajstić information content (AvgIpc) is 2.81. The van der Waals surface area contributed by atoms with Gasteiger partial charge in [-0.2, -0.15) is 0 Å². The molecule has 158 valence electrons. The molecule has 0 unspecified atom stereocenters. The van der Waals surface area contributed by atoms with Crippen molar-refractivity contribution in [3.63, 3.8) is 0 Å². The SMILES string of the molecule is C=CCNC(=O)[C@H](Cc1ccccc1)N(Cc1ccccc1)C(=O)Cc1ccccc1. The van der Waals surface area contributed by atoms with Gasteiger partial charge in [0.15, 0.2) is 0 Å². The molecule has 0 aromatic heterocycles. The van der Waals surface area contributed by atoms with E-state index < -0.39 is 6.04 Å². The zero-order valence-corrected chi connectivity index (χ0v) is 17.6. The number of rotatable bonds is 10. The molecule has 3 aromatic carbocycles. The van der Waals surface area contributed by atoms with Gasteiger partial charge in [0.05, 0.1) is 6.42 Å². The second-order valence-electron chi connectivity index (χ2n) is 7.41. The molecule has 0 aliphatic heterocycles. The van der Waals surface area contributed by atoms with Gasteiger partial charge in [-0.1, -0.05) is 97.1 Å². The highest BCUT2D eigenvalue weighted by atomic mass is 16.2. The fourth-order valence-corrected chi connectivity index (χ4v) is 3.50. The summed E-state index contributed by atoms with van der Waals surface area (Å²) in [5, 5.41) is 2.89. The van der Waals surface area contributed by atoms with E-state index in [-0.39, 0.29) is 18.2 Å². The minimum Gasteiger partial charge on any atom is -0.351 e. The molecule has 4 nitrogen and oxygen atoms in total. The van der Waals surface area contributed by atoms with Crippen LogP contribution in [0.5, 0.6) is 0 Å². The highest BCUT2D eigenvalue weighted by molar-refractivity contribution is 5.88. The van der Waals surface area contributed by atoms with Crippen molar-refractivity contribution in [1.82, 2.24) is 10.2 Å². The van der Waals surface area contributed by atoms with E-state index in [1.165, 1.54) is 0 Å². The van der Waals surface area contributed by atoms with Crippen LogP contribution in [0.2, 0.25) is 0 Å². The number of hydrogen-bond acceptors (Lipinski definition) is 2. The van der Waals surface area contributed by atoms with Crippen molar-refractivity contribution in [2.45, 2.75) is 25.4 Å². The van der Waals surface area contributed by atoms with E-state index in [4.69, 9.17) is 0 Å². The second-order valence-corrected chi connectivity index (χ2v) is 7.41. The second kappa shape index (κ2) is 11.5. The van der Waals surface area contributed by atoms with E-state index in [0.717, 1.165) is 16.7 Å². The Morgan fingerprint density at radius 2 is 1.32 bits per heavy atom. The molecular weight excluding hydrogens is 384 g/mol. The zero-order valence-electron chi connectivity index (χ0n) is 17.6. The molecule has 0 bridgehead atoms. The Bertz CT molecular complexity index is 972. The Kier molecular flexibility index (Phi) is 8.18. The van der Waals surface area contributed by atoms with Gasteiger partial charge in [-0.3, -0.25) is 9.59 Å². The summed E-state index contributed by atoms with van der Waals surface area (Å²) in [4.78, 5) is 28.3. The smallest absolute Gasteiger partial charge is 0.243 e. The molecule has 0 aliphatic carbocycles. The number of amides is 2. The van der Waals surface area contributed by atoms with Gasteiger partial charge in [-0.15, -0.1) is 6.58 Å². The summed E-state index contributed by atoms with van der Waals surface area (Å²) in [7, 11) is 0. The summed E-state index contributed by atoms with van der Waals surface area (Å²) in [5.74, 6) is -0.258. The van der Waals surface area contributed by atoms with Crippen molar-refractivity contribution in [2.75, 3.05) is 6.54 Å². The maximum atomic E-state index is 13.5. The Morgan fingerprint density at radius 3 is 1.87 bits per heavy atom. The predicted molar refractivity (Wildman–Crippen MR) is 124 cm³/mol. The average molecular weight is 413 g/mol. The normalized spacial score (nSPS) is 11.4. The van der Waals surface area contributed by atoms with Crippen LogP contribution in [0.4, 0.5) is 0 Å². The monoisotopic (exact) mass is 412 g/mol. The highest BCUT2D eigenvalue weighted by Crippen LogP contribution is 2.16. The van der Waals surface area contributed by atoms with Crippen LogP contribution >= 0.6 is 0 Å². The summed E-state index contributed by atoms with van der Waals surface area (Å²) in [6.45, 7) is 4.41. The molecule has 4 heteroatoms. The summed E-state index contributed by atoms with van der Waals surface area (Å²) in [6, 6.07) is 28.6. The van der Waals surface area contributed by atoms with Crippen molar-refractivity contribution in [1.29, 1.82) is 0 Å². The zero-order chi connectivity index (χ0) is 21.9. The molecule has 0 heterocycles. The Hall–Kier alpha value is -3.66. The van der Waals surface area contributed by atoms with E-state index >= 15 is 0 Å². The first kappa shape index (κ1) is 22.0. The molecule has 0 saturated carbocycles. The third-order valence-corrected chi connectivity index (χ3v) is 5.09. The maximum absolute atomic E-state index is 13.5. The lowest BCUT2D eigenvalue weighted by atomic mass is 10.0. The largest absolute Gasteiger partial charge is 0.351 e. The number of carbonyl (C=O) groups excluding carboxylic acids is 2. The summed E-state index contributed by atoms with van der Waals surface area (Å²) >= 11 is 0. The summed E-state index contributed by atoms with van der Waals surface area (Å²) in [6.07, 6.45) is 2.33. The van der Waals surface area contributed by atoms with Gasteiger partial charge in [0.2, 0.25) is 11.8 Å². The van der Waals surface area contributed by atoms with Crippen molar-refractivity contribution in [3.8, 4) is 0 Å². The first-order valence-electron chi connectivity index (χ1n) is 10.5. The Balaban J connectivity index is 1.92. The van der Waals surface area contributed by atoms with Gasteiger partial charge in [-0.25, -0.2) is 0 Å². The molecule has 1 atom stereocenters. The van der Waals surface area contributed by atoms with Gasteiger partial charge in [0, 0.05) is 19.5 Å². The molecule has 0 fully saturated rings. The Labute approximate surface area is 184 Å². The fraction of sp³-hybridized carbons (Fsp3) is 0.185. The van der Waals surface area contributed by atoms with E-state index in [2.05, 4.69) is 11.9 Å². The Morgan fingerprint density at radius 1 is 0.806 bits per heavy atom. The first-order chi connectivity index (χ1) is 15.2. The topological polar surface area (TPSA) is 49.4 Å². The quantitative estimate of drug-likeness (QED) is 0.508. The van der Waals surface area contributed by atoms with Crippen molar-refractivity contribution in [3.05, 3.63) is 120 Å². The highest BCUT2D eigenvalue weighted by Gasteiger charge is 2.30. The molecule has 2 amide bonds. The van der Waals surface area contributed by atoms with Crippen LogP contribution in [0.15, 0.2) is 104 Å². The van der Waals surface area contributed by atoms with Crippen molar-refractivity contribution >= 4 is 11.8 Å². The lowest BCUT2D eigenvalue weighted by Crippen LogP contribution is -2.51. The summed E-state index contributed by atoms with van der Waals surface area (Å²) < 4.78 is 0. The maximum Gasteiger partial charge on any atom is 0.243 e. The predicted octanol–water partition coefficient (Wildman–Crippen LogP) is 4.17. The molecule has 0 spiro atoms. The lowest BCUT2D eigenvalue weighted by Gasteiger charge is -2.31. The number of benzene rings is 3. The minimum absolute atomic E-state index is 0.0789. The van der Waals surface area contributed by atoms with Crippen LogP contribution in [0, 0.1) is 0 Å². The third-order valence-electron chi connectivity index (χ3n) is 5.09. The molecule has 31 heavy (non-hydrogen) atoms. The van der Waals surface area contributed by atoms with Crippen LogP contribution in [0.25, 0.3) is 0 Å². The molecule has 1 N–H and O–H groups in total. The van der Waals surface area contributed by atoms with Gasteiger partial charge in [-0.05, 0) is 16.7 Å². The van der Waals surface area contributed by atoms with E-state index in [1.54, 1.807) is 11.0 Å². The number of nitrogens with zero attached hydrogens (tertiary/aromatic N) is 1. The van der Waals surface area contributed by atoms with Gasteiger partial charge in [0.25, 0.3) is 0 Å². The fourth-order valence-electron chi connectivity index (χ4n) is 3.50. The van der Waals surface area contributed by atoms with Crippen LogP contribution in [-0.2, 0) is 29.0 Å². The molecule has 3 aromatic rings. The number of carbonyl (C=O) groups is 2. The van der Waals surface area contributed by atoms with Crippen LogP contribution in [0.3, 0.4) is 0 Å². The molecule has 0 radical (unpaired) electrons. The van der Waals surface area contributed by atoms with Crippen LogP contribution in [0.1, 0.15) is 16.7 Å². The van der Waals surface area contributed by atoms with Gasteiger partial charge >= 0.3 is 0 Å².